The van der Waals surface area contributed by atoms with Crippen molar-refractivity contribution in [2.24, 2.45) is 0 Å². The Hall–Kier alpha value is -3.61. The maximum absolute atomic E-state index is 12.6. The van der Waals surface area contributed by atoms with Gasteiger partial charge in [-0.15, -0.1) is 10.2 Å². The minimum atomic E-state index is 0.00626. The number of aryl methyl sites for hydroxylation is 2. The first-order chi connectivity index (χ1) is 15.5. The third kappa shape index (κ3) is 4.82. The number of carbonyl (C=O) groups excluding carboxylic acids is 1. The van der Waals surface area contributed by atoms with Gasteiger partial charge in [0.05, 0.1) is 12.8 Å². The minimum absolute atomic E-state index is 0.00626. The summed E-state index contributed by atoms with van der Waals surface area (Å²) in [5, 5.41) is 8.79. The van der Waals surface area contributed by atoms with Crippen LogP contribution in [0.1, 0.15) is 11.1 Å². The summed E-state index contributed by atoms with van der Waals surface area (Å²) in [6.07, 6.45) is 0. The van der Waals surface area contributed by atoms with Crippen LogP contribution in [0.25, 0.3) is 11.3 Å². The van der Waals surface area contributed by atoms with E-state index in [1.54, 1.807) is 7.11 Å². The summed E-state index contributed by atoms with van der Waals surface area (Å²) < 4.78 is 11.1. The summed E-state index contributed by atoms with van der Waals surface area (Å²) in [6, 6.07) is 17.7. The summed E-state index contributed by atoms with van der Waals surface area (Å²) in [5.74, 6) is 2.41. The monoisotopic (exact) mass is 432 g/mol. The maximum atomic E-state index is 12.6. The topological polar surface area (TPSA) is 67.8 Å². The van der Waals surface area contributed by atoms with E-state index in [-0.39, 0.29) is 12.5 Å². The predicted octanol–water partition coefficient (Wildman–Crippen LogP) is 3.50. The van der Waals surface area contributed by atoms with Crippen molar-refractivity contribution in [3.8, 4) is 22.8 Å². The molecule has 7 nitrogen and oxygen atoms in total. The summed E-state index contributed by atoms with van der Waals surface area (Å²) in [7, 11) is 1.65. The molecule has 0 aliphatic carbocycles. The van der Waals surface area contributed by atoms with E-state index in [0.29, 0.717) is 26.2 Å². The van der Waals surface area contributed by atoms with Gasteiger partial charge in [-0.25, -0.2) is 0 Å². The van der Waals surface area contributed by atoms with Crippen LogP contribution in [0.5, 0.6) is 11.5 Å². The van der Waals surface area contributed by atoms with Crippen molar-refractivity contribution in [1.29, 1.82) is 0 Å². The lowest BCUT2D eigenvalue weighted by Gasteiger charge is -2.35. The highest BCUT2D eigenvalue weighted by Gasteiger charge is 2.23. The highest BCUT2D eigenvalue weighted by Crippen LogP contribution is 2.24. The molecule has 0 atom stereocenters. The molecule has 0 bridgehead atoms. The van der Waals surface area contributed by atoms with E-state index in [1.807, 2.05) is 73.3 Å². The zero-order valence-electron chi connectivity index (χ0n) is 18.7. The number of benzene rings is 2. The SMILES string of the molecule is COc1cccc(-c2ccc(N3CCN(C(=O)COc4c(C)cccc4C)CC3)nn2)c1. The molecule has 2 aromatic carbocycles. The average molecular weight is 433 g/mol. The molecule has 0 N–H and O–H groups in total. The number of ether oxygens (including phenoxy) is 2. The minimum Gasteiger partial charge on any atom is -0.497 e. The van der Waals surface area contributed by atoms with Gasteiger partial charge in [0.15, 0.2) is 12.4 Å². The lowest BCUT2D eigenvalue weighted by molar-refractivity contribution is -0.133. The Morgan fingerprint density at radius 1 is 0.938 bits per heavy atom. The number of amides is 1. The lowest BCUT2D eigenvalue weighted by Crippen LogP contribution is -2.50. The highest BCUT2D eigenvalue weighted by atomic mass is 16.5. The second kappa shape index (κ2) is 9.68. The third-order valence-corrected chi connectivity index (χ3v) is 5.72. The number of piperazine rings is 1. The smallest absolute Gasteiger partial charge is 0.260 e. The number of para-hydroxylation sites is 1. The van der Waals surface area contributed by atoms with Crippen LogP contribution >= 0.6 is 0 Å². The number of methoxy groups -OCH3 is 1. The summed E-state index contributed by atoms with van der Waals surface area (Å²) in [5.41, 5.74) is 3.84. The second-order valence-corrected chi connectivity index (χ2v) is 7.89. The van der Waals surface area contributed by atoms with Crippen LogP contribution < -0.4 is 14.4 Å². The fraction of sp³-hybridized carbons (Fsp3) is 0.320. The Bertz CT molecular complexity index is 1060. The van der Waals surface area contributed by atoms with Crippen LogP contribution in [0.15, 0.2) is 54.6 Å². The summed E-state index contributed by atoms with van der Waals surface area (Å²) in [6.45, 7) is 6.73. The van der Waals surface area contributed by atoms with Gasteiger partial charge in [-0.3, -0.25) is 4.79 Å². The van der Waals surface area contributed by atoms with Gasteiger partial charge in [-0.05, 0) is 49.2 Å². The molecule has 32 heavy (non-hydrogen) atoms. The quantitative estimate of drug-likeness (QED) is 0.594. The average Bonchev–Trinajstić information content (AvgIpc) is 2.84. The van der Waals surface area contributed by atoms with E-state index in [9.17, 15) is 4.79 Å². The second-order valence-electron chi connectivity index (χ2n) is 7.89. The molecule has 0 saturated carbocycles. The molecule has 4 rings (SSSR count). The Balaban J connectivity index is 1.32. The number of hydrogen-bond acceptors (Lipinski definition) is 6. The third-order valence-electron chi connectivity index (χ3n) is 5.72. The summed E-state index contributed by atoms with van der Waals surface area (Å²) in [4.78, 5) is 16.6. The zero-order chi connectivity index (χ0) is 22.5. The molecule has 1 saturated heterocycles. The van der Waals surface area contributed by atoms with Crippen molar-refractivity contribution >= 4 is 11.7 Å². The molecule has 0 spiro atoms. The van der Waals surface area contributed by atoms with Crippen molar-refractivity contribution in [2.45, 2.75) is 13.8 Å². The fourth-order valence-corrected chi connectivity index (χ4v) is 3.87. The van der Waals surface area contributed by atoms with Crippen LogP contribution in [0.4, 0.5) is 5.82 Å². The lowest BCUT2D eigenvalue weighted by atomic mass is 10.1. The van der Waals surface area contributed by atoms with Crippen LogP contribution in [-0.4, -0.2) is 60.9 Å². The molecule has 1 aliphatic heterocycles. The van der Waals surface area contributed by atoms with Gasteiger partial charge in [-0.2, -0.15) is 0 Å². The van der Waals surface area contributed by atoms with Crippen molar-refractivity contribution in [3.63, 3.8) is 0 Å². The van der Waals surface area contributed by atoms with Crippen LogP contribution in [0, 0.1) is 13.8 Å². The Morgan fingerprint density at radius 2 is 1.66 bits per heavy atom. The van der Waals surface area contributed by atoms with Gasteiger partial charge in [-0.1, -0.05) is 30.3 Å². The number of nitrogens with zero attached hydrogens (tertiary/aromatic N) is 4. The van der Waals surface area contributed by atoms with E-state index in [1.165, 1.54) is 0 Å². The zero-order valence-corrected chi connectivity index (χ0v) is 18.7. The molecule has 2 heterocycles. The molecule has 1 fully saturated rings. The van der Waals surface area contributed by atoms with Crippen molar-refractivity contribution in [2.75, 3.05) is 44.8 Å². The largest absolute Gasteiger partial charge is 0.497 e. The van der Waals surface area contributed by atoms with Gasteiger partial charge in [0.2, 0.25) is 0 Å². The fourth-order valence-electron chi connectivity index (χ4n) is 3.87. The Morgan fingerprint density at radius 3 is 2.31 bits per heavy atom. The molecule has 3 aromatic rings. The Kier molecular flexibility index (Phi) is 6.54. The number of rotatable bonds is 6. The molecule has 166 valence electrons. The summed E-state index contributed by atoms with van der Waals surface area (Å²) >= 11 is 0. The predicted molar refractivity (Wildman–Crippen MR) is 124 cm³/mol. The van der Waals surface area contributed by atoms with Crippen molar-refractivity contribution < 1.29 is 14.3 Å². The Labute approximate surface area is 188 Å². The first kappa shape index (κ1) is 21.6. The van der Waals surface area contributed by atoms with Gasteiger partial charge >= 0.3 is 0 Å². The number of hydrogen-bond donors (Lipinski definition) is 0. The van der Waals surface area contributed by atoms with E-state index in [4.69, 9.17) is 9.47 Å². The standard InChI is InChI=1S/C25H28N4O3/c1-18-6-4-7-19(2)25(18)32-17-24(30)29-14-12-28(13-15-29)23-11-10-22(26-27-23)20-8-5-9-21(16-20)31-3/h4-11,16H,12-15,17H2,1-3H3. The van der Waals surface area contributed by atoms with E-state index in [2.05, 4.69) is 15.1 Å². The molecule has 7 heteroatoms. The number of aromatic nitrogens is 2. The van der Waals surface area contributed by atoms with Gasteiger partial charge in [0, 0.05) is 31.7 Å². The number of anilines is 1. The highest BCUT2D eigenvalue weighted by molar-refractivity contribution is 5.78. The van der Waals surface area contributed by atoms with Crippen molar-refractivity contribution in [1.82, 2.24) is 15.1 Å². The maximum Gasteiger partial charge on any atom is 0.260 e. The van der Waals surface area contributed by atoms with Crippen LogP contribution in [0.3, 0.4) is 0 Å². The molecular weight excluding hydrogens is 404 g/mol. The van der Waals surface area contributed by atoms with E-state index in [0.717, 1.165) is 39.7 Å². The van der Waals surface area contributed by atoms with Gasteiger partial charge in [0.25, 0.3) is 5.91 Å². The molecule has 1 amide bonds. The molecule has 0 unspecified atom stereocenters. The van der Waals surface area contributed by atoms with E-state index < -0.39 is 0 Å². The molecular formula is C25H28N4O3. The normalized spacial score (nSPS) is 13.7. The van der Waals surface area contributed by atoms with E-state index >= 15 is 0 Å². The van der Waals surface area contributed by atoms with Crippen LogP contribution in [0.2, 0.25) is 0 Å². The van der Waals surface area contributed by atoms with Gasteiger partial charge in [0.1, 0.15) is 11.5 Å². The molecule has 1 aliphatic rings. The van der Waals surface area contributed by atoms with Gasteiger partial charge < -0.3 is 19.3 Å². The number of carbonyl (C=O) groups is 1. The van der Waals surface area contributed by atoms with Crippen LogP contribution in [-0.2, 0) is 4.79 Å². The molecule has 0 radical (unpaired) electrons. The first-order valence-corrected chi connectivity index (χ1v) is 10.7. The first-order valence-electron chi connectivity index (χ1n) is 10.7. The van der Waals surface area contributed by atoms with Crippen molar-refractivity contribution in [3.05, 3.63) is 65.7 Å². The molecule has 1 aromatic heterocycles.